The van der Waals surface area contributed by atoms with E-state index in [1.165, 1.54) is 275 Å². The number of hydrogen-bond donors (Lipinski definition) is 7. The van der Waals surface area contributed by atoms with E-state index in [0.717, 1.165) is 65.9 Å². The van der Waals surface area contributed by atoms with Crippen LogP contribution in [0.5, 0.6) is 0 Å². The fraction of sp³-hybridized carbons (Fsp3) is 1.00. The largest absolute Gasteiger partial charge is 0.381 e. The Morgan fingerprint density at radius 2 is 0.420 bits per heavy atom. The lowest BCUT2D eigenvalue weighted by Gasteiger charge is -2.08. The highest BCUT2D eigenvalue weighted by Gasteiger charge is 2.00. The van der Waals surface area contributed by atoms with Crippen LogP contribution < -0.4 is 37.2 Å². The first-order chi connectivity index (χ1) is 34.0. The first-order valence-electron chi connectivity index (χ1n) is 29.0. The average Bonchev–Trinajstić information content (AvgIpc) is 4.32. The van der Waals surface area contributed by atoms with Gasteiger partial charge >= 0.3 is 0 Å². The van der Waals surface area contributed by atoms with Gasteiger partial charge in [-0.1, -0.05) is 39.5 Å². The fourth-order valence-electron chi connectivity index (χ4n) is 7.82. The quantitative estimate of drug-likeness (QED) is 0.124. The Labute approximate surface area is 437 Å². The Kier molecular flexibility index (Phi) is 66.4. The third-order valence-electron chi connectivity index (χ3n) is 12.2. The van der Waals surface area contributed by atoms with Gasteiger partial charge < -0.3 is 60.9 Å². The Morgan fingerprint density at radius 3 is 0.623 bits per heavy atom. The summed E-state index contributed by atoms with van der Waals surface area (Å²) in [6.07, 6.45) is 37.4. The molecule has 0 spiro atoms. The first kappa shape index (κ1) is 69.2. The molecule has 12 nitrogen and oxygen atoms in total. The lowest BCUT2D eigenvalue weighted by molar-refractivity contribution is 0.0692. The molecule has 12 aliphatic rings. The van der Waals surface area contributed by atoms with E-state index in [1.807, 2.05) is 0 Å². The number of hydrogen-bond acceptors (Lipinski definition) is 14. The minimum absolute atomic E-state index is 0. The number of nitrogens with one attached hydrogen (secondary N) is 7. The van der Waals surface area contributed by atoms with Crippen molar-refractivity contribution in [1.29, 1.82) is 0 Å². The summed E-state index contributed by atoms with van der Waals surface area (Å²) in [6, 6.07) is 0. The van der Waals surface area contributed by atoms with E-state index in [2.05, 4.69) is 60.7 Å². The Bertz CT molecular complexity index is 576. The topological polar surface area (TPSA) is 130 Å². The van der Waals surface area contributed by atoms with Crippen LogP contribution in [0.3, 0.4) is 0 Å². The van der Waals surface area contributed by atoms with Gasteiger partial charge in [0.25, 0.3) is 0 Å². The summed E-state index contributed by atoms with van der Waals surface area (Å²) < 4.78 is 24.6. The summed E-state index contributed by atoms with van der Waals surface area (Å²) in [5.41, 5.74) is 0. The molecule has 12 rings (SSSR count). The van der Waals surface area contributed by atoms with Crippen LogP contribution in [-0.2, 0) is 23.7 Å². The summed E-state index contributed by atoms with van der Waals surface area (Å²) in [5.74, 6) is 5.67. The third-order valence-corrected chi connectivity index (χ3v) is 14.5. The maximum atomic E-state index is 5.13. The maximum absolute atomic E-state index is 5.13. The molecule has 0 aromatic carbocycles. The van der Waals surface area contributed by atoms with Gasteiger partial charge in [0.05, 0.1) is 19.8 Å². The van der Waals surface area contributed by atoms with E-state index in [4.69, 9.17) is 23.7 Å². The standard InChI is InChI=1S/C5H11NO.4C5H11N.C5H10O.C5H10S.2C4H9N.C4H8O.C4H8S.C3H6O2.CH4/c1-2-6-3-5-7-4-1;6*1-2-4-6-5-3-1;4*1-2-4-5-3-1;1-2-5-3-4-1;/h6H,1-5H2;4*6H,1-5H2;2*1-5H2;2*5H,1-4H2;2*1-4H2;1-3H2;1H4. The van der Waals surface area contributed by atoms with Crippen LogP contribution in [-0.4, -0.2) is 174 Å². The zero-order chi connectivity index (χ0) is 48.1. The molecule has 0 aromatic rings. The predicted molar refractivity (Wildman–Crippen MR) is 305 cm³/mol. The second kappa shape index (κ2) is 66.2. The number of rotatable bonds is 0. The molecule has 69 heavy (non-hydrogen) atoms. The zero-order valence-corrected chi connectivity index (χ0v) is 46.2. The summed E-state index contributed by atoms with van der Waals surface area (Å²) in [7, 11) is 0. The highest BCUT2D eigenvalue weighted by Crippen LogP contribution is 2.15. The molecule has 12 aliphatic heterocycles. The Morgan fingerprint density at radius 1 is 0.188 bits per heavy atom. The van der Waals surface area contributed by atoms with Gasteiger partial charge in [-0.25, -0.2) is 0 Å². The second-order valence-electron chi connectivity index (χ2n) is 18.8. The van der Waals surface area contributed by atoms with Gasteiger partial charge in [-0.3, -0.25) is 0 Å². The molecule has 12 fully saturated rings. The van der Waals surface area contributed by atoms with E-state index in [9.17, 15) is 0 Å². The average molecular weight is 1020 g/mol. The van der Waals surface area contributed by atoms with E-state index in [0.29, 0.717) is 6.79 Å². The van der Waals surface area contributed by atoms with Crippen molar-refractivity contribution in [2.24, 2.45) is 0 Å². The van der Waals surface area contributed by atoms with Crippen molar-refractivity contribution in [3.63, 3.8) is 0 Å². The minimum Gasteiger partial charge on any atom is -0.381 e. The van der Waals surface area contributed by atoms with Gasteiger partial charge in [0.2, 0.25) is 0 Å². The van der Waals surface area contributed by atoms with Crippen LogP contribution in [0.25, 0.3) is 0 Å². The molecule has 0 bridgehead atoms. The summed E-state index contributed by atoms with van der Waals surface area (Å²) >= 11 is 4.17. The normalized spacial score (nSPS) is 23.7. The molecule has 12 saturated heterocycles. The first-order valence-corrected chi connectivity index (χ1v) is 31.3. The van der Waals surface area contributed by atoms with Crippen LogP contribution in [0.4, 0.5) is 0 Å². The van der Waals surface area contributed by atoms with Gasteiger partial charge in [-0.2, -0.15) is 23.5 Å². The van der Waals surface area contributed by atoms with E-state index in [-0.39, 0.29) is 7.43 Å². The Hall–Kier alpha value is 0.220. The molecule has 0 amide bonds. The molecule has 14 heteroatoms. The van der Waals surface area contributed by atoms with Crippen molar-refractivity contribution in [3.05, 3.63) is 0 Å². The lowest BCUT2D eigenvalue weighted by Crippen LogP contribution is -2.21. The zero-order valence-electron chi connectivity index (χ0n) is 44.5. The van der Waals surface area contributed by atoms with Gasteiger partial charge in [-0.05, 0) is 249 Å². The monoisotopic (exact) mass is 1020 g/mol. The van der Waals surface area contributed by atoms with Crippen LogP contribution in [0.1, 0.15) is 181 Å². The van der Waals surface area contributed by atoms with Crippen LogP contribution >= 0.6 is 23.5 Å². The third kappa shape index (κ3) is 64.3. The summed E-state index contributed by atoms with van der Waals surface area (Å²) in [5, 5.41) is 22.8. The van der Waals surface area contributed by atoms with Gasteiger partial charge in [0.1, 0.15) is 6.79 Å². The fourth-order valence-corrected chi connectivity index (χ4v) is 9.86. The summed E-state index contributed by atoms with van der Waals surface area (Å²) in [6.45, 7) is 25.0. The molecule has 0 aromatic heterocycles. The van der Waals surface area contributed by atoms with Crippen LogP contribution in [0, 0.1) is 0 Å². The maximum Gasteiger partial charge on any atom is 0.146 e. The molecule has 12 heterocycles. The molecular formula is C55H119N7O5S2. The number of piperidine rings is 4. The van der Waals surface area contributed by atoms with Gasteiger partial charge in [0.15, 0.2) is 0 Å². The van der Waals surface area contributed by atoms with E-state index in [1.54, 1.807) is 0 Å². The summed E-state index contributed by atoms with van der Waals surface area (Å²) in [4.78, 5) is 0. The Balaban J connectivity index is 0.000000731. The van der Waals surface area contributed by atoms with Crippen molar-refractivity contribution in [2.75, 3.05) is 174 Å². The molecular weight excluding hydrogens is 903 g/mol. The highest BCUT2D eigenvalue weighted by molar-refractivity contribution is 7.99. The van der Waals surface area contributed by atoms with Crippen LogP contribution in [0.15, 0.2) is 0 Å². The molecule has 0 radical (unpaired) electrons. The number of thioether (sulfide) groups is 2. The van der Waals surface area contributed by atoms with Crippen molar-refractivity contribution in [1.82, 2.24) is 37.2 Å². The number of ether oxygens (including phenoxy) is 5. The molecule has 0 saturated carbocycles. The molecule has 416 valence electrons. The van der Waals surface area contributed by atoms with Crippen molar-refractivity contribution < 1.29 is 23.7 Å². The van der Waals surface area contributed by atoms with Crippen LogP contribution in [0.2, 0.25) is 0 Å². The van der Waals surface area contributed by atoms with E-state index < -0.39 is 0 Å². The lowest BCUT2D eigenvalue weighted by atomic mass is 10.2. The predicted octanol–water partition coefficient (Wildman–Crippen LogP) is 9.80. The van der Waals surface area contributed by atoms with Crippen molar-refractivity contribution in [3.8, 4) is 0 Å². The molecule has 7 N–H and O–H groups in total. The van der Waals surface area contributed by atoms with Crippen molar-refractivity contribution in [2.45, 2.75) is 181 Å². The van der Waals surface area contributed by atoms with Crippen molar-refractivity contribution >= 4 is 23.5 Å². The van der Waals surface area contributed by atoms with Gasteiger partial charge in [0, 0.05) is 39.6 Å². The van der Waals surface area contributed by atoms with Gasteiger partial charge in [-0.15, -0.1) is 0 Å². The molecule has 0 atom stereocenters. The minimum atomic E-state index is 0. The van der Waals surface area contributed by atoms with E-state index >= 15 is 0 Å². The SMILES string of the molecule is C.C1CCNC1.C1CCNC1.C1CCNCC1.C1CCNCC1.C1CCNCC1.C1CCNCC1.C1CCOC1.C1CCOCC1.C1CCSC1.C1CCSCC1.C1CNCCOC1.C1COCO1. The highest BCUT2D eigenvalue weighted by atomic mass is 32.2. The molecule has 0 unspecified atom stereocenters. The second-order valence-corrected chi connectivity index (χ2v) is 21.2. The smallest absolute Gasteiger partial charge is 0.146 e. The molecule has 0 aliphatic carbocycles.